The second-order valence-electron chi connectivity index (χ2n) is 12.8. The lowest BCUT2D eigenvalue weighted by atomic mass is 9.98. The first-order chi connectivity index (χ1) is 21.3. The van der Waals surface area contributed by atoms with Crippen molar-refractivity contribution in [3.63, 3.8) is 0 Å². The summed E-state index contributed by atoms with van der Waals surface area (Å²) in [5.74, 6) is -3.87. The van der Waals surface area contributed by atoms with Gasteiger partial charge >= 0.3 is 12.1 Å². The van der Waals surface area contributed by atoms with E-state index in [4.69, 9.17) is 15.2 Å². The first-order valence-electron chi connectivity index (χ1n) is 14.9. The van der Waals surface area contributed by atoms with Crippen LogP contribution in [0, 0.1) is 6.92 Å². The average Bonchev–Trinajstić information content (AvgIpc) is 2.92. The number of aryl methyl sites for hydroxylation is 1. The number of rotatable bonds is 13. The van der Waals surface area contributed by atoms with Gasteiger partial charge in [-0.25, -0.2) is 9.59 Å². The maximum Gasteiger partial charge on any atom is 0.408 e. The number of phenols is 1. The fraction of sp³-hybridized carbons (Fsp3) is 0.485. The Morgan fingerprint density at radius 1 is 0.870 bits per heavy atom. The van der Waals surface area contributed by atoms with Gasteiger partial charge in [0.05, 0.1) is 13.0 Å². The Morgan fingerprint density at radius 3 is 2.02 bits per heavy atom. The minimum Gasteiger partial charge on any atom is -0.507 e. The molecule has 0 aliphatic carbocycles. The first kappa shape index (κ1) is 37.5. The Hall–Kier alpha value is -4.65. The molecule has 0 radical (unpaired) electrons. The van der Waals surface area contributed by atoms with Gasteiger partial charge in [0.2, 0.25) is 17.7 Å². The van der Waals surface area contributed by atoms with E-state index < -0.39 is 78.7 Å². The van der Waals surface area contributed by atoms with Crippen LogP contribution >= 0.6 is 0 Å². The quantitative estimate of drug-likeness (QED) is 0.204. The SMILES string of the molecule is Cc1cccc(C(C(=O)NC(Cc2ccccc2)C(=O)OC(C)(C)C)N(CCO)C(=O)C(CC(N)=O)NC(=O)OC(C)(C)C)c1O. The Bertz CT molecular complexity index is 1380. The molecule has 0 fully saturated rings. The van der Waals surface area contributed by atoms with Crippen LogP contribution in [0.4, 0.5) is 4.79 Å². The molecule has 46 heavy (non-hydrogen) atoms. The predicted molar refractivity (Wildman–Crippen MR) is 169 cm³/mol. The van der Waals surface area contributed by atoms with Gasteiger partial charge in [0, 0.05) is 18.5 Å². The van der Waals surface area contributed by atoms with Gasteiger partial charge in [0.25, 0.3) is 0 Å². The highest BCUT2D eigenvalue weighted by Crippen LogP contribution is 2.32. The molecule has 2 rings (SSSR count). The molecule has 252 valence electrons. The van der Waals surface area contributed by atoms with Gasteiger partial charge in [-0.05, 0) is 59.6 Å². The molecule has 0 aromatic heterocycles. The van der Waals surface area contributed by atoms with Gasteiger partial charge in [-0.1, -0.05) is 48.5 Å². The van der Waals surface area contributed by atoms with Gasteiger partial charge < -0.3 is 41.0 Å². The lowest BCUT2D eigenvalue weighted by Crippen LogP contribution is -2.56. The zero-order valence-corrected chi connectivity index (χ0v) is 27.5. The summed E-state index contributed by atoms with van der Waals surface area (Å²) < 4.78 is 10.8. The van der Waals surface area contributed by atoms with Crippen LogP contribution in [0.5, 0.6) is 5.75 Å². The average molecular weight is 643 g/mol. The molecule has 3 unspecified atom stereocenters. The second-order valence-corrected chi connectivity index (χ2v) is 12.8. The molecule has 0 aliphatic rings. The smallest absolute Gasteiger partial charge is 0.408 e. The number of para-hydroxylation sites is 1. The Kier molecular flexibility index (Phi) is 13.1. The Balaban J connectivity index is 2.64. The molecule has 0 heterocycles. The maximum atomic E-state index is 14.2. The topological polar surface area (TPSA) is 198 Å². The number of aromatic hydroxyl groups is 1. The van der Waals surface area contributed by atoms with E-state index in [-0.39, 0.29) is 17.7 Å². The van der Waals surface area contributed by atoms with Crippen molar-refractivity contribution in [1.29, 1.82) is 0 Å². The van der Waals surface area contributed by atoms with E-state index in [2.05, 4.69) is 10.6 Å². The minimum atomic E-state index is -1.64. The number of carbonyl (C=O) groups is 5. The third-order valence-electron chi connectivity index (χ3n) is 6.43. The molecule has 13 nitrogen and oxygen atoms in total. The highest BCUT2D eigenvalue weighted by molar-refractivity contribution is 5.96. The Morgan fingerprint density at radius 2 is 1.48 bits per heavy atom. The molecule has 4 amide bonds. The zero-order valence-electron chi connectivity index (χ0n) is 27.5. The van der Waals surface area contributed by atoms with E-state index in [0.717, 1.165) is 4.90 Å². The number of esters is 1. The molecule has 0 aliphatic heterocycles. The molecule has 0 saturated carbocycles. The van der Waals surface area contributed by atoms with Crippen molar-refractivity contribution in [3.05, 3.63) is 65.2 Å². The number of benzene rings is 2. The number of nitrogens with one attached hydrogen (secondary N) is 2. The van der Waals surface area contributed by atoms with Gasteiger partial charge in [0.15, 0.2) is 0 Å². The van der Waals surface area contributed by atoms with Gasteiger partial charge in [-0.3, -0.25) is 14.4 Å². The van der Waals surface area contributed by atoms with Gasteiger partial charge in [0.1, 0.15) is 35.1 Å². The normalized spacial score (nSPS) is 13.5. The summed E-state index contributed by atoms with van der Waals surface area (Å²) in [7, 11) is 0. The lowest BCUT2D eigenvalue weighted by Gasteiger charge is -2.35. The van der Waals surface area contributed by atoms with E-state index in [1.54, 1.807) is 90.9 Å². The van der Waals surface area contributed by atoms with Crippen molar-refractivity contribution >= 4 is 29.8 Å². The molecule has 3 atom stereocenters. The number of aliphatic hydroxyl groups excluding tert-OH is 1. The lowest BCUT2D eigenvalue weighted by molar-refractivity contribution is -0.159. The number of phenolic OH excluding ortho intramolecular Hbond substituents is 1. The fourth-order valence-corrected chi connectivity index (χ4v) is 4.55. The number of nitrogens with two attached hydrogens (primary N) is 1. The highest BCUT2D eigenvalue weighted by atomic mass is 16.6. The van der Waals surface area contributed by atoms with E-state index in [0.29, 0.717) is 11.1 Å². The number of primary amides is 1. The number of alkyl carbamates (subject to hydrolysis) is 1. The number of amides is 4. The monoisotopic (exact) mass is 642 g/mol. The number of aliphatic hydroxyl groups is 1. The van der Waals surface area contributed by atoms with E-state index in [1.165, 1.54) is 6.07 Å². The molecule has 13 heteroatoms. The van der Waals surface area contributed by atoms with Crippen molar-refractivity contribution < 1.29 is 43.7 Å². The highest BCUT2D eigenvalue weighted by Gasteiger charge is 2.40. The summed E-state index contributed by atoms with van der Waals surface area (Å²) >= 11 is 0. The number of ether oxygens (including phenoxy) is 2. The third-order valence-corrected chi connectivity index (χ3v) is 6.43. The van der Waals surface area contributed by atoms with Crippen molar-refractivity contribution in [2.45, 2.75) is 90.6 Å². The van der Waals surface area contributed by atoms with Crippen molar-refractivity contribution in [3.8, 4) is 5.75 Å². The second kappa shape index (κ2) is 16.1. The summed E-state index contributed by atoms with van der Waals surface area (Å²) in [6.45, 7) is 10.3. The maximum absolute atomic E-state index is 14.2. The zero-order chi connectivity index (χ0) is 34.8. The van der Waals surface area contributed by atoms with Crippen LogP contribution in [-0.2, 0) is 35.1 Å². The molecule has 0 saturated heterocycles. The first-order valence-corrected chi connectivity index (χ1v) is 14.9. The third kappa shape index (κ3) is 11.7. The van der Waals surface area contributed by atoms with Crippen LogP contribution in [0.25, 0.3) is 0 Å². The van der Waals surface area contributed by atoms with Crippen LogP contribution in [0.2, 0.25) is 0 Å². The molecule has 2 aromatic carbocycles. The summed E-state index contributed by atoms with van der Waals surface area (Å²) in [5, 5.41) is 26.1. The molecule has 6 N–H and O–H groups in total. The van der Waals surface area contributed by atoms with Crippen LogP contribution < -0.4 is 16.4 Å². The van der Waals surface area contributed by atoms with Crippen LogP contribution in [0.15, 0.2) is 48.5 Å². The number of hydrogen-bond donors (Lipinski definition) is 5. The van der Waals surface area contributed by atoms with E-state index >= 15 is 0 Å². The number of nitrogens with zero attached hydrogens (tertiary/aromatic N) is 1. The largest absolute Gasteiger partial charge is 0.507 e. The summed E-state index contributed by atoms with van der Waals surface area (Å²) in [6, 6.07) is 8.97. The molecule has 2 aromatic rings. The van der Waals surface area contributed by atoms with E-state index in [9.17, 15) is 34.2 Å². The van der Waals surface area contributed by atoms with E-state index in [1.807, 2.05) is 0 Å². The molecule has 0 spiro atoms. The van der Waals surface area contributed by atoms with Crippen molar-refractivity contribution in [2.75, 3.05) is 13.2 Å². The summed E-state index contributed by atoms with van der Waals surface area (Å²) in [4.78, 5) is 67.2. The minimum absolute atomic E-state index is 0.0305. The van der Waals surface area contributed by atoms with Crippen molar-refractivity contribution in [2.24, 2.45) is 5.73 Å². The van der Waals surface area contributed by atoms with Gasteiger partial charge in [-0.2, -0.15) is 0 Å². The predicted octanol–water partition coefficient (Wildman–Crippen LogP) is 2.40. The summed E-state index contributed by atoms with van der Waals surface area (Å²) in [5.41, 5.74) is 4.62. The molecule has 0 bridgehead atoms. The Labute approximate surface area is 269 Å². The van der Waals surface area contributed by atoms with Crippen LogP contribution in [0.3, 0.4) is 0 Å². The molecular weight excluding hydrogens is 596 g/mol. The van der Waals surface area contributed by atoms with Crippen molar-refractivity contribution in [1.82, 2.24) is 15.5 Å². The number of carbonyl (C=O) groups excluding carboxylic acids is 5. The molecular formula is C33H46N4O9. The fourth-order valence-electron chi connectivity index (χ4n) is 4.55. The number of hydrogen-bond acceptors (Lipinski definition) is 9. The standard InChI is InChI=1S/C33H46N4O9/c1-20-12-11-15-22(27(20)40)26(28(41)35-24(30(43)45-32(2,3)4)18-21-13-9-8-10-14-21)37(16-17-38)29(42)23(19-25(34)39)36-31(44)46-33(5,6)7/h8-15,23-24,26,38,40H,16-19H2,1-7H3,(H2,34,39)(H,35,41)(H,36,44). The van der Waals surface area contributed by atoms with Gasteiger partial charge in [-0.15, -0.1) is 0 Å². The van der Waals surface area contributed by atoms with Crippen LogP contribution in [-0.4, -0.2) is 81.3 Å². The summed E-state index contributed by atoms with van der Waals surface area (Å²) in [6.07, 6.45) is -1.65. The van der Waals surface area contributed by atoms with Crippen LogP contribution in [0.1, 0.15) is 70.7 Å².